The summed E-state index contributed by atoms with van der Waals surface area (Å²) in [6.45, 7) is 6.15. The Morgan fingerprint density at radius 2 is 2.11 bits per heavy atom. The molecule has 1 aromatic rings. The number of ketones is 1. The molecule has 0 saturated carbocycles. The van der Waals surface area contributed by atoms with Crippen molar-refractivity contribution in [2.24, 2.45) is 5.92 Å². The van der Waals surface area contributed by atoms with E-state index in [4.69, 9.17) is 14.2 Å². The molecule has 0 radical (unpaired) electrons. The molecule has 94 valence electrons. The maximum Gasteiger partial charge on any atom is 0.231 e. The van der Waals surface area contributed by atoms with Crippen LogP contribution in [0.25, 0.3) is 0 Å². The molecule has 1 saturated heterocycles. The number of ether oxygens (including phenoxy) is 3. The molecule has 0 aromatic heterocycles. The van der Waals surface area contributed by atoms with Crippen LogP contribution in [-0.4, -0.2) is 19.2 Å². The zero-order valence-corrected chi connectivity index (χ0v) is 10.1. The number of benzene rings is 1. The fourth-order valence-electron chi connectivity index (χ4n) is 2.48. The predicted octanol–water partition coefficient (Wildman–Crippen LogP) is 2.25. The number of hydrogen-bond acceptors (Lipinski definition) is 4. The molecule has 2 aliphatic rings. The molecule has 18 heavy (non-hydrogen) atoms. The van der Waals surface area contributed by atoms with Gasteiger partial charge in [-0.2, -0.15) is 0 Å². The van der Waals surface area contributed by atoms with Crippen molar-refractivity contribution < 1.29 is 19.0 Å². The standard InChI is InChI=1S/C14H14O4/c1-8-6-16-14(13(8)9(2)15)10-3-4-11-12(5-10)18-7-17-11/h3-5,13-14H,1,6-7H2,2H3/t13-,14-/m1/s1. The average Bonchev–Trinajstić information content (AvgIpc) is 2.93. The molecule has 0 aliphatic carbocycles. The summed E-state index contributed by atoms with van der Waals surface area (Å²) >= 11 is 0. The van der Waals surface area contributed by atoms with E-state index in [2.05, 4.69) is 6.58 Å². The molecule has 2 aliphatic heterocycles. The molecular formula is C14H14O4. The minimum absolute atomic E-state index is 0.0835. The number of carbonyl (C=O) groups excluding carboxylic acids is 1. The first kappa shape index (κ1) is 11.3. The third kappa shape index (κ3) is 1.69. The van der Waals surface area contributed by atoms with Crippen LogP contribution in [0.5, 0.6) is 11.5 Å². The number of carbonyl (C=O) groups is 1. The monoisotopic (exact) mass is 246 g/mol. The van der Waals surface area contributed by atoms with E-state index < -0.39 is 0 Å². The summed E-state index contributed by atoms with van der Waals surface area (Å²) in [6.07, 6.45) is -0.260. The highest BCUT2D eigenvalue weighted by molar-refractivity contribution is 5.82. The summed E-state index contributed by atoms with van der Waals surface area (Å²) in [6, 6.07) is 5.63. The quantitative estimate of drug-likeness (QED) is 0.751. The highest BCUT2D eigenvalue weighted by Crippen LogP contribution is 2.41. The van der Waals surface area contributed by atoms with Crippen molar-refractivity contribution in [1.82, 2.24) is 0 Å². The first-order chi connectivity index (χ1) is 8.66. The van der Waals surface area contributed by atoms with Gasteiger partial charge in [0.1, 0.15) is 5.78 Å². The molecule has 4 heteroatoms. The number of hydrogen-bond donors (Lipinski definition) is 0. The van der Waals surface area contributed by atoms with E-state index in [1.807, 2.05) is 18.2 Å². The molecule has 0 unspecified atom stereocenters. The normalized spacial score (nSPS) is 25.5. The third-order valence-electron chi connectivity index (χ3n) is 3.35. The Balaban J connectivity index is 1.95. The van der Waals surface area contributed by atoms with Crippen LogP contribution in [0.15, 0.2) is 30.4 Å². The van der Waals surface area contributed by atoms with Crippen molar-refractivity contribution in [2.75, 3.05) is 13.4 Å². The third-order valence-corrected chi connectivity index (χ3v) is 3.35. The summed E-state index contributed by atoms with van der Waals surface area (Å²) in [5.74, 6) is 1.26. The molecule has 1 aromatic carbocycles. The van der Waals surface area contributed by atoms with E-state index in [0.29, 0.717) is 12.4 Å². The highest BCUT2D eigenvalue weighted by atomic mass is 16.7. The van der Waals surface area contributed by atoms with E-state index in [1.54, 1.807) is 6.92 Å². The molecule has 3 rings (SSSR count). The molecule has 4 nitrogen and oxygen atoms in total. The summed E-state index contributed by atoms with van der Waals surface area (Å²) in [4.78, 5) is 11.7. The molecule has 0 spiro atoms. The van der Waals surface area contributed by atoms with E-state index in [-0.39, 0.29) is 24.6 Å². The summed E-state index contributed by atoms with van der Waals surface area (Å²) in [5.41, 5.74) is 1.77. The largest absolute Gasteiger partial charge is 0.454 e. The van der Waals surface area contributed by atoms with Crippen LogP contribution >= 0.6 is 0 Å². The van der Waals surface area contributed by atoms with Gasteiger partial charge >= 0.3 is 0 Å². The lowest BCUT2D eigenvalue weighted by Crippen LogP contribution is -2.16. The summed E-state index contributed by atoms with van der Waals surface area (Å²) in [5, 5.41) is 0. The van der Waals surface area contributed by atoms with E-state index in [9.17, 15) is 4.79 Å². The molecular weight excluding hydrogens is 232 g/mol. The maximum absolute atomic E-state index is 11.7. The van der Waals surface area contributed by atoms with Gasteiger partial charge in [-0.05, 0) is 30.2 Å². The van der Waals surface area contributed by atoms with Gasteiger partial charge in [0.25, 0.3) is 0 Å². The lowest BCUT2D eigenvalue weighted by molar-refractivity contribution is -0.121. The lowest BCUT2D eigenvalue weighted by atomic mass is 9.89. The number of fused-ring (bicyclic) bond motifs is 1. The van der Waals surface area contributed by atoms with Gasteiger partial charge in [-0.15, -0.1) is 0 Å². The second-order valence-electron chi connectivity index (χ2n) is 4.59. The van der Waals surface area contributed by atoms with Gasteiger partial charge in [-0.3, -0.25) is 4.79 Å². The van der Waals surface area contributed by atoms with Gasteiger partial charge in [0.15, 0.2) is 11.5 Å². The maximum atomic E-state index is 11.7. The first-order valence-electron chi connectivity index (χ1n) is 5.86. The Morgan fingerprint density at radius 1 is 1.33 bits per heavy atom. The predicted molar refractivity (Wildman–Crippen MR) is 64.6 cm³/mol. The van der Waals surface area contributed by atoms with Gasteiger partial charge in [-0.1, -0.05) is 12.6 Å². The minimum atomic E-state index is -0.260. The van der Waals surface area contributed by atoms with Crippen molar-refractivity contribution in [3.63, 3.8) is 0 Å². The number of Topliss-reactive ketones (excluding diaryl/α,β-unsaturated/α-hetero) is 1. The fourth-order valence-corrected chi connectivity index (χ4v) is 2.48. The van der Waals surface area contributed by atoms with Gasteiger partial charge in [-0.25, -0.2) is 0 Å². The lowest BCUT2D eigenvalue weighted by Gasteiger charge is -2.17. The zero-order valence-electron chi connectivity index (χ0n) is 10.1. The Bertz CT molecular complexity index is 521. The molecule has 2 heterocycles. The average molecular weight is 246 g/mol. The number of rotatable bonds is 2. The van der Waals surface area contributed by atoms with Gasteiger partial charge < -0.3 is 14.2 Å². The fraction of sp³-hybridized carbons (Fsp3) is 0.357. The molecule has 1 fully saturated rings. The Labute approximate surface area is 105 Å². The molecule has 0 amide bonds. The van der Waals surface area contributed by atoms with Crippen LogP contribution in [0.2, 0.25) is 0 Å². The first-order valence-corrected chi connectivity index (χ1v) is 5.86. The van der Waals surface area contributed by atoms with E-state index in [1.165, 1.54) is 0 Å². The van der Waals surface area contributed by atoms with Crippen LogP contribution in [-0.2, 0) is 9.53 Å². The van der Waals surface area contributed by atoms with Crippen LogP contribution in [0, 0.1) is 5.92 Å². The summed E-state index contributed by atoms with van der Waals surface area (Å²) < 4.78 is 16.3. The van der Waals surface area contributed by atoms with Crippen molar-refractivity contribution in [2.45, 2.75) is 13.0 Å². The zero-order chi connectivity index (χ0) is 12.7. The minimum Gasteiger partial charge on any atom is -0.454 e. The van der Waals surface area contributed by atoms with Crippen molar-refractivity contribution in [3.8, 4) is 11.5 Å². The molecule has 0 N–H and O–H groups in total. The van der Waals surface area contributed by atoms with Gasteiger partial charge in [0.2, 0.25) is 6.79 Å². The van der Waals surface area contributed by atoms with Gasteiger partial charge in [0, 0.05) is 0 Å². The van der Waals surface area contributed by atoms with E-state index in [0.717, 1.165) is 16.9 Å². The van der Waals surface area contributed by atoms with Crippen LogP contribution in [0.3, 0.4) is 0 Å². The Kier molecular flexibility index (Phi) is 2.59. The Morgan fingerprint density at radius 3 is 2.89 bits per heavy atom. The SMILES string of the molecule is C=C1CO[C@H](c2ccc3c(c2)OCO3)[C@H]1C(C)=O. The van der Waals surface area contributed by atoms with Crippen molar-refractivity contribution in [3.05, 3.63) is 35.9 Å². The summed E-state index contributed by atoms with van der Waals surface area (Å²) in [7, 11) is 0. The van der Waals surface area contributed by atoms with Crippen molar-refractivity contribution >= 4 is 5.78 Å². The van der Waals surface area contributed by atoms with Gasteiger partial charge in [0.05, 0.1) is 18.6 Å². The highest BCUT2D eigenvalue weighted by Gasteiger charge is 2.36. The van der Waals surface area contributed by atoms with E-state index >= 15 is 0 Å². The second kappa shape index (κ2) is 4.14. The molecule has 2 atom stereocenters. The molecule has 0 bridgehead atoms. The topological polar surface area (TPSA) is 44.8 Å². The second-order valence-corrected chi connectivity index (χ2v) is 4.59. The smallest absolute Gasteiger partial charge is 0.231 e. The van der Waals surface area contributed by atoms with Crippen LogP contribution in [0.4, 0.5) is 0 Å². The van der Waals surface area contributed by atoms with Crippen LogP contribution in [0.1, 0.15) is 18.6 Å². The van der Waals surface area contributed by atoms with Crippen LogP contribution < -0.4 is 9.47 Å². The van der Waals surface area contributed by atoms with Crippen molar-refractivity contribution in [1.29, 1.82) is 0 Å². The Hall–Kier alpha value is -1.81.